The molecule has 0 heterocycles. The van der Waals surface area contributed by atoms with E-state index in [-0.39, 0.29) is 11.2 Å². The zero-order valence-corrected chi connectivity index (χ0v) is 22.9. The van der Waals surface area contributed by atoms with Crippen molar-refractivity contribution in [1.29, 1.82) is 0 Å². The summed E-state index contributed by atoms with van der Waals surface area (Å²) in [5, 5.41) is 4.78. The summed E-state index contributed by atoms with van der Waals surface area (Å²) in [6.45, 7) is 6.37. The maximum Gasteiger partial charge on any atom is 0.123 e. The lowest BCUT2D eigenvalue weighted by Gasteiger charge is -2.25. The van der Waals surface area contributed by atoms with Gasteiger partial charge in [0, 0.05) is 22.2 Å². The van der Waals surface area contributed by atoms with E-state index in [4.69, 9.17) is 5.73 Å². The average molecular weight is 520 g/mol. The van der Waals surface area contributed by atoms with Crippen molar-refractivity contribution in [3.8, 4) is 33.4 Å². The van der Waals surface area contributed by atoms with E-state index in [2.05, 4.69) is 111 Å². The molecule has 0 fully saturated rings. The Morgan fingerprint density at radius 3 is 1.80 bits per heavy atom. The number of nitrogens with two attached hydrogens (primary N) is 1. The minimum Gasteiger partial charge on any atom is -0.398 e. The van der Waals surface area contributed by atoms with Gasteiger partial charge in [-0.15, -0.1) is 0 Å². The maximum atomic E-state index is 14.5. The minimum absolute atomic E-state index is 0.222. The quantitative estimate of drug-likeness (QED) is 0.183. The summed E-state index contributed by atoms with van der Waals surface area (Å²) < 4.78 is 14.5. The Bertz CT molecular complexity index is 1940. The van der Waals surface area contributed by atoms with Crippen molar-refractivity contribution >= 4 is 33.3 Å². The van der Waals surface area contributed by atoms with Gasteiger partial charge in [0.05, 0.1) is 0 Å². The Hall–Kier alpha value is -4.69. The Kier molecular flexibility index (Phi) is 5.43. The summed E-state index contributed by atoms with van der Waals surface area (Å²) in [7, 11) is 0. The predicted molar refractivity (Wildman–Crippen MR) is 169 cm³/mol. The van der Waals surface area contributed by atoms with Gasteiger partial charge in [0.15, 0.2) is 0 Å². The van der Waals surface area contributed by atoms with E-state index in [1.165, 1.54) is 44.3 Å². The molecule has 6 aromatic rings. The second kappa shape index (κ2) is 8.93. The Morgan fingerprint density at radius 1 is 0.625 bits per heavy atom. The third-order valence-electron chi connectivity index (χ3n) is 8.60. The third-order valence-corrected chi connectivity index (χ3v) is 8.60. The summed E-state index contributed by atoms with van der Waals surface area (Å²) >= 11 is 0. The lowest BCUT2D eigenvalue weighted by Crippen LogP contribution is -2.16. The van der Waals surface area contributed by atoms with Crippen LogP contribution in [0.3, 0.4) is 0 Å². The molecule has 0 aromatic heterocycles. The predicted octanol–water partition coefficient (Wildman–Crippen LogP) is 10.4. The monoisotopic (exact) mass is 519 g/mol. The van der Waals surface area contributed by atoms with Crippen LogP contribution < -0.4 is 5.73 Å². The van der Waals surface area contributed by atoms with Crippen molar-refractivity contribution in [2.24, 2.45) is 0 Å². The number of allylic oxidation sites excluding steroid dienone is 1. The zero-order chi connectivity index (χ0) is 27.6. The van der Waals surface area contributed by atoms with Gasteiger partial charge >= 0.3 is 0 Å². The van der Waals surface area contributed by atoms with Crippen LogP contribution in [0.25, 0.3) is 61.0 Å². The Balaban J connectivity index is 1.65. The third kappa shape index (κ3) is 3.39. The fraction of sp³-hybridized carbons (Fsp3) is 0.105. The number of fused-ring (bicyclic) bond motifs is 5. The fourth-order valence-corrected chi connectivity index (χ4v) is 6.79. The van der Waals surface area contributed by atoms with Crippen LogP contribution in [-0.4, -0.2) is 0 Å². The molecule has 194 valence electrons. The van der Waals surface area contributed by atoms with Gasteiger partial charge in [-0.2, -0.15) is 0 Å². The van der Waals surface area contributed by atoms with E-state index >= 15 is 0 Å². The van der Waals surface area contributed by atoms with Gasteiger partial charge in [0.2, 0.25) is 0 Å². The molecule has 1 aliphatic carbocycles. The molecule has 1 aliphatic rings. The molecule has 0 bridgehead atoms. The topological polar surface area (TPSA) is 26.0 Å². The highest BCUT2D eigenvalue weighted by molar-refractivity contribution is 6.22. The van der Waals surface area contributed by atoms with Crippen molar-refractivity contribution in [2.75, 3.05) is 5.73 Å². The molecule has 7 rings (SSSR count). The van der Waals surface area contributed by atoms with Gasteiger partial charge in [-0.05, 0) is 85.6 Å². The Morgan fingerprint density at radius 2 is 1.20 bits per heavy atom. The number of anilines is 1. The van der Waals surface area contributed by atoms with Gasteiger partial charge in [-0.1, -0.05) is 111 Å². The number of hydrogen-bond donors (Lipinski definition) is 1. The molecule has 6 aromatic carbocycles. The molecular weight excluding hydrogens is 489 g/mol. The first kappa shape index (κ1) is 24.4. The highest BCUT2D eigenvalue weighted by atomic mass is 19.1. The molecule has 1 nitrogen and oxygen atoms in total. The lowest BCUT2D eigenvalue weighted by molar-refractivity contribution is 0.609. The highest BCUT2D eigenvalue weighted by Crippen LogP contribution is 2.55. The smallest absolute Gasteiger partial charge is 0.123 e. The van der Waals surface area contributed by atoms with E-state index < -0.39 is 0 Å². The van der Waals surface area contributed by atoms with Crippen LogP contribution in [0.2, 0.25) is 0 Å². The molecule has 0 spiro atoms. The molecule has 0 saturated carbocycles. The lowest BCUT2D eigenvalue weighted by atomic mass is 9.79. The molecule has 2 heteroatoms. The molecule has 0 aliphatic heterocycles. The largest absolute Gasteiger partial charge is 0.398 e. The van der Waals surface area contributed by atoms with Gasteiger partial charge in [-0.3, -0.25) is 0 Å². The van der Waals surface area contributed by atoms with Crippen molar-refractivity contribution in [3.63, 3.8) is 0 Å². The van der Waals surface area contributed by atoms with E-state index in [1.807, 2.05) is 13.0 Å². The number of nitrogen functional groups attached to an aromatic ring is 1. The van der Waals surface area contributed by atoms with Gasteiger partial charge < -0.3 is 5.73 Å². The average Bonchev–Trinajstić information content (AvgIpc) is 3.19. The summed E-state index contributed by atoms with van der Waals surface area (Å²) in [6, 6.07) is 35.4. The first-order chi connectivity index (χ1) is 19.4. The highest BCUT2D eigenvalue weighted by Gasteiger charge is 2.38. The zero-order valence-electron chi connectivity index (χ0n) is 22.9. The molecule has 0 radical (unpaired) electrons. The van der Waals surface area contributed by atoms with Crippen LogP contribution in [0, 0.1) is 5.82 Å². The standard InChI is InChI=1S/C38H30FN/c1-4-12-29-31(22-33-36(37(29)40)30-20-19-24(39)21-32(30)38(33,2)3)35-27-17-10-8-15-25(27)34(23-13-6-5-7-14-23)26-16-9-11-18-28(26)35/h4-22H,40H2,1-3H3/b12-4-. The molecule has 2 N–H and O–H groups in total. The minimum atomic E-state index is -0.389. The van der Waals surface area contributed by atoms with Crippen LogP contribution in [0.5, 0.6) is 0 Å². The van der Waals surface area contributed by atoms with E-state index in [0.29, 0.717) is 0 Å². The molecular formula is C38H30FN. The van der Waals surface area contributed by atoms with Gasteiger partial charge in [-0.25, -0.2) is 4.39 Å². The summed E-state index contributed by atoms with van der Waals surface area (Å²) in [6.07, 6.45) is 4.17. The molecule has 0 atom stereocenters. The SMILES string of the molecule is C/C=C\c1c(-c2c3ccccc3c(-c3ccccc3)c3ccccc23)cc2c(c1N)-c1ccc(F)cc1C2(C)C. The Labute approximate surface area is 234 Å². The van der Waals surface area contributed by atoms with E-state index in [1.54, 1.807) is 6.07 Å². The summed E-state index contributed by atoms with van der Waals surface area (Å²) in [4.78, 5) is 0. The number of rotatable bonds is 3. The second-order valence-corrected chi connectivity index (χ2v) is 11.2. The van der Waals surface area contributed by atoms with Crippen LogP contribution in [-0.2, 0) is 5.41 Å². The van der Waals surface area contributed by atoms with Crippen LogP contribution in [0.4, 0.5) is 10.1 Å². The van der Waals surface area contributed by atoms with Crippen molar-refractivity contribution < 1.29 is 4.39 Å². The summed E-state index contributed by atoms with van der Waals surface area (Å²) in [5.74, 6) is -0.222. The first-order valence-corrected chi connectivity index (χ1v) is 13.8. The molecule has 40 heavy (non-hydrogen) atoms. The second-order valence-electron chi connectivity index (χ2n) is 11.2. The van der Waals surface area contributed by atoms with Crippen molar-refractivity contribution in [3.05, 3.63) is 132 Å². The number of halogens is 1. The molecule has 0 unspecified atom stereocenters. The number of hydrogen-bond acceptors (Lipinski definition) is 1. The first-order valence-electron chi connectivity index (χ1n) is 13.8. The van der Waals surface area contributed by atoms with E-state index in [9.17, 15) is 4.39 Å². The fourth-order valence-electron chi connectivity index (χ4n) is 6.79. The van der Waals surface area contributed by atoms with Gasteiger partial charge in [0.1, 0.15) is 5.82 Å². The molecule has 0 saturated heterocycles. The van der Waals surface area contributed by atoms with Crippen molar-refractivity contribution in [2.45, 2.75) is 26.2 Å². The van der Waals surface area contributed by atoms with E-state index in [0.717, 1.165) is 39.1 Å². The summed E-state index contributed by atoms with van der Waals surface area (Å²) in [5.41, 5.74) is 17.3. The number of benzene rings is 6. The van der Waals surface area contributed by atoms with Crippen LogP contribution >= 0.6 is 0 Å². The molecule has 0 amide bonds. The van der Waals surface area contributed by atoms with Crippen LogP contribution in [0.15, 0.2) is 109 Å². The normalized spacial score (nSPS) is 13.7. The van der Waals surface area contributed by atoms with Crippen LogP contribution in [0.1, 0.15) is 37.5 Å². The van der Waals surface area contributed by atoms with Gasteiger partial charge in [0.25, 0.3) is 0 Å². The maximum absolute atomic E-state index is 14.5. The van der Waals surface area contributed by atoms with Crippen molar-refractivity contribution in [1.82, 2.24) is 0 Å².